The Morgan fingerprint density at radius 2 is 1.97 bits per heavy atom. The summed E-state index contributed by atoms with van der Waals surface area (Å²) in [6.45, 7) is 6.35. The third-order valence-corrected chi connectivity index (χ3v) is 4.78. The van der Waals surface area contributed by atoms with Crippen LogP contribution >= 0.6 is 0 Å². The first-order valence-electron chi connectivity index (χ1n) is 10.3. The summed E-state index contributed by atoms with van der Waals surface area (Å²) >= 11 is 0. The van der Waals surface area contributed by atoms with Crippen molar-refractivity contribution in [3.05, 3.63) is 53.9 Å². The molecule has 0 atom stereocenters. The molecule has 0 radical (unpaired) electrons. The molecule has 0 aliphatic heterocycles. The summed E-state index contributed by atoms with van der Waals surface area (Å²) in [5.74, 6) is 1.23. The molecular formula is C23H27N5O4. The highest BCUT2D eigenvalue weighted by atomic mass is 16.3. The number of carbonyl (C=O) groups excluding carboxylic acids is 2. The quantitative estimate of drug-likeness (QED) is 0.343. The van der Waals surface area contributed by atoms with Crippen molar-refractivity contribution in [3.8, 4) is 5.75 Å². The number of hydrogen-bond donors (Lipinski definition) is 2. The number of aliphatic imine (C=N–C) groups is 1. The summed E-state index contributed by atoms with van der Waals surface area (Å²) < 4.78 is 5.81. The number of aromatic nitrogens is 1. The second kappa shape index (κ2) is 9.95. The molecule has 3 rings (SSSR count). The lowest BCUT2D eigenvalue weighted by atomic mass is 10.2. The number of urea groups is 1. The Hall–Kier alpha value is -3.88. The number of nitrogens with zero attached hydrogens (tertiary/aromatic N) is 4. The molecule has 1 aromatic heterocycles. The van der Waals surface area contributed by atoms with E-state index in [0.717, 1.165) is 16.0 Å². The molecule has 0 bridgehead atoms. The van der Waals surface area contributed by atoms with Crippen LogP contribution in [0.4, 0.5) is 10.5 Å². The zero-order valence-corrected chi connectivity index (χ0v) is 18.6. The molecule has 9 heteroatoms. The van der Waals surface area contributed by atoms with Crippen LogP contribution < -0.4 is 5.32 Å². The van der Waals surface area contributed by atoms with Crippen LogP contribution in [0.2, 0.25) is 0 Å². The molecule has 0 saturated carbocycles. The molecule has 3 amide bonds. The third-order valence-electron chi connectivity index (χ3n) is 4.78. The molecular weight excluding hydrogens is 410 g/mol. The average Bonchev–Trinajstić information content (AvgIpc) is 3.19. The van der Waals surface area contributed by atoms with Crippen LogP contribution in [-0.4, -0.2) is 51.9 Å². The van der Waals surface area contributed by atoms with Crippen LogP contribution in [0.25, 0.3) is 11.1 Å². The lowest BCUT2D eigenvalue weighted by Gasteiger charge is -2.23. The lowest BCUT2D eigenvalue weighted by molar-refractivity contribution is -0.115. The Bertz CT molecular complexity index is 1120. The normalized spacial score (nSPS) is 11.6. The maximum Gasteiger partial charge on any atom is 0.330 e. The van der Waals surface area contributed by atoms with Gasteiger partial charge in [-0.25, -0.2) is 14.8 Å². The highest BCUT2D eigenvalue weighted by Gasteiger charge is 2.17. The van der Waals surface area contributed by atoms with Crippen molar-refractivity contribution in [2.45, 2.75) is 33.2 Å². The third kappa shape index (κ3) is 5.42. The van der Waals surface area contributed by atoms with Crippen molar-refractivity contribution in [2.75, 3.05) is 13.6 Å². The van der Waals surface area contributed by atoms with Crippen LogP contribution in [0.15, 0.2) is 51.9 Å². The van der Waals surface area contributed by atoms with E-state index in [-0.39, 0.29) is 24.2 Å². The molecule has 32 heavy (non-hydrogen) atoms. The van der Waals surface area contributed by atoms with Crippen molar-refractivity contribution >= 4 is 35.2 Å². The molecule has 0 unspecified atom stereocenters. The zero-order valence-electron chi connectivity index (χ0n) is 18.6. The van der Waals surface area contributed by atoms with Crippen molar-refractivity contribution in [2.24, 2.45) is 4.99 Å². The number of imide groups is 1. The lowest BCUT2D eigenvalue weighted by Crippen LogP contribution is -2.47. The largest absolute Gasteiger partial charge is 0.508 e. The summed E-state index contributed by atoms with van der Waals surface area (Å²) in [4.78, 5) is 35.5. The second-order valence-corrected chi connectivity index (χ2v) is 7.64. The van der Waals surface area contributed by atoms with E-state index < -0.39 is 6.03 Å². The molecule has 1 heterocycles. The summed E-state index contributed by atoms with van der Waals surface area (Å²) in [6, 6.07) is 11.5. The number of nitrogens with one attached hydrogen (secondary N) is 1. The molecule has 9 nitrogen and oxygen atoms in total. The van der Waals surface area contributed by atoms with Gasteiger partial charge in [0.25, 0.3) is 0 Å². The highest BCUT2D eigenvalue weighted by Crippen LogP contribution is 2.25. The van der Waals surface area contributed by atoms with Gasteiger partial charge in [0.2, 0.25) is 12.4 Å². The van der Waals surface area contributed by atoms with E-state index >= 15 is 0 Å². The zero-order chi connectivity index (χ0) is 23.3. The minimum Gasteiger partial charge on any atom is -0.508 e. The van der Waals surface area contributed by atoms with E-state index in [1.807, 2.05) is 19.9 Å². The van der Waals surface area contributed by atoms with Gasteiger partial charge in [-0.1, -0.05) is 26.0 Å². The van der Waals surface area contributed by atoms with E-state index in [9.17, 15) is 14.7 Å². The standard InChI is InChI=1S/C23H27N5O4/c1-5-28(14-29)23(31)26-22(27(4)13-16-6-9-18(30)10-7-16)24-17-8-11-19-20(12-17)32-21(25-19)15(2)3/h6-12,14-15,30H,5,13H2,1-4H3,(H,24,26,31). The molecule has 0 aliphatic rings. The number of fused-ring (bicyclic) bond motifs is 1. The number of benzene rings is 2. The topological polar surface area (TPSA) is 111 Å². The van der Waals surface area contributed by atoms with E-state index in [2.05, 4.69) is 15.3 Å². The van der Waals surface area contributed by atoms with Gasteiger partial charge in [0.05, 0.1) is 5.69 Å². The van der Waals surface area contributed by atoms with Crippen molar-refractivity contribution in [3.63, 3.8) is 0 Å². The fourth-order valence-corrected chi connectivity index (χ4v) is 2.96. The van der Waals surface area contributed by atoms with Crippen molar-refractivity contribution < 1.29 is 19.1 Å². The Balaban J connectivity index is 1.93. The fraction of sp³-hybridized carbons (Fsp3) is 0.304. The molecule has 0 aliphatic carbocycles. The summed E-state index contributed by atoms with van der Waals surface area (Å²) in [5.41, 5.74) is 2.80. The van der Waals surface area contributed by atoms with E-state index in [1.165, 1.54) is 0 Å². The number of rotatable bonds is 6. The smallest absolute Gasteiger partial charge is 0.330 e. The molecule has 0 saturated heterocycles. The number of phenolic OH excluding ortho intramolecular Hbond substituents is 1. The number of aromatic hydroxyl groups is 1. The van der Waals surface area contributed by atoms with Crippen LogP contribution in [0.1, 0.15) is 38.1 Å². The van der Waals surface area contributed by atoms with Gasteiger partial charge in [-0.2, -0.15) is 0 Å². The number of carbonyl (C=O) groups is 2. The molecule has 0 spiro atoms. The van der Waals surface area contributed by atoms with Crippen molar-refractivity contribution in [1.82, 2.24) is 20.1 Å². The maximum absolute atomic E-state index is 12.5. The number of oxazole rings is 1. The Labute approximate surface area is 186 Å². The van der Waals surface area contributed by atoms with Crippen LogP contribution in [0.5, 0.6) is 5.75 Å². The predicted octanol–water partition coefficient (Wildman–Crippen LogP) is 3.96. The van der Waals surface area contributed by atoms with Crippen molar-refractivity contribution in [1.29, 1.82) is 0 Å². The first-order chi connectivity index (χ1) is 15.3. The van der Waals surface area contributed by atoms with Gasteiger partial charge in [-0.05, 0) is 36.8 Å². The van der Waals surface area contributed by atoms with Gasteiger partial charge < -0.3 is 14.4 Å². The highest BCUT2D eigenvalue weighted by molar-refractivity contribution is 6.00. The van der Waals surface area contributed by atoms with Gasteiger partial charge in [0.1, 0.15) is 11.3 Å². The second-order valence-electron chi connectivity index (χ2n) is 7.64. The minimum atomic E-state index is -0.582. The molecule has 2 N–H and O–H groups in total. The van der Waals surface area contributed by atoms with E-state index in [0.29, 0.717) is 30.1 Å². The summed E-state index contributed by atoms with van der Waals surface area (Å²) in [5, 5.41) is 12.2. The van der Waals surface area contributed by atoms with E-state index in [1.54, 1.807) is 55.3 Å². The van der Waals surface area contributed by atoms with Gasteiger partial charge >= 0.3 is 6.03 Å². The Kier molecular flexibility index (Phi) is 7.09. The average molecular weight is 438 g/mol. The summed E-state index contributed by atoms with van der Waals surface area (Å²) in [6.07, 6.45) is 0.473. The molecule has 0 fully saturated rings. The number of guanidine groups is 1. The monoisotopic (exact) mass is 437 g/mol. The van der Waals surface area contributed by atoms with Gasteiger partial charge in [0, 0.05) is 32.1 Å². The number of hydrogen-bond acceptors (Lipinski definition) is 6. The Morgan fingerprint density at radius 1 is 1.25 bits per heavy atom. The Morgan fingerprint density at radius 3 is 2.59 bits per heavy atom. The maximum atomic E-state index is 12.5. The molecule has 2 aromatic carbocycles. The summed E-state index contributed by atoms with van der Waals surface area (Å²) in [7, 11) is 1.77. The SMILES string of the molecule is CCN(C=O)C(=O)NC(=Nc1ccc2nc(C(C)C)oc2c1)N(C)Cc1ccc(O)cc1. The molecule has 3 aromatic rings. The number of amides is 3. The van der Waals surface area contributed by atoms with Gasteiger partial charge in [-0.3, -0.25) is 15.0 Å². The van der Waals surface area contributed by atoms with Crippen LogP contribution in [0, 0.1) is 0 Å². The van der Waals surface area contributed by atoms with Gasteiger partial charge in [-0.15, -0.1) is 0 Å². The predicted molar refractivity (Wildman–Crippen MR) is 122 cm³/mol. The van der Waals surface area contributed by atoms with Gasteiger partial charge in [0.15, 0.2) is 11.5 Å². The number of phenols is 1. The van der Waals surface area contributed by atoms with Crippen LogP contribution in [-0.2, 0) is 11.3 Å². The van der Waals surface area contributed by atoms with Crippen LogP contribution in [0.3, 0.4) is 0 Å². The first-order valence-corrected chi connectivity index (χ1v) is 10.3. The first kappa shape index (κ1) is 22.8. The fourth-order valence-electron chi connectivity index (χ4n) is 2.96. The minimum absolute atomic E-state index is 0.156. The van der Waals surface area contributed by atoms with E-state index in [4.69, 9.17) is 4.42 Å². The molecule has 168 valence electrons.